The number of morpholine rings is 1. The van der Waals surface area contributed by atoms with Gasteiger partial charge in [0.15, 0.2) is 0 Å². The number of rotatable bonds is 5. The van der Waals surface area contributed by atoms with Gasteiger partial charge in [-0.05, 0) is 51.1 Å². The van der Waals surface area contributed by atoms with Gasteiger partial charge in [-0.1, -0.05) is 0 Å². The van der Waals surface area contributed by atoms with E-state index in [0.29, 0.717) is 42.3 Å². The molecular formula is C24H27N7O2. The van der Waals surface area contributed by atoms with Crippen molar-refractivity contribution in [1.82, 2.24) is 25.1 Å². The van der Waals surface area contributed by atoms with E-state index in [4.69, 9.17) is 9.47 Å². The minimum Gasteiger partial charge on any atom is -0.438 e. The molecule has 0 bridgehead atoms. The van der Waals surface area contributed by atoms with Gasteiger partial charge in [0.05, 0.1) is 37.1 Å². The van der Waals surface area contributed by atoms with Crippen LogP contribution in [0.4, 0.5) is 5.82 Å². The second-order valence-corrected chi connectivity index (χ2v) is 8.33. The van der Waals surface area contributed by atoms with Gasteiger partial charge in [-0.25, -0.2) is 4.98 Å². The molecule has 1 aromatic carbocycles. The maximum absolute atomic E-state index is 9.45. The Morgan fingerprint density at radius 1 is 1.15 bits per heavy atom. The summed E-state index contributed by atoms with van der Waals surface area (Å²) in [5, 5.41) is 17.5. The number of aromatic nitrogens is 4. The topological polar surface area (TPSA) is 101 Å². The lowest BCUT2D eigenvalue weighted by atomic mass is 10.1. The molecule has 0 aliphatic carbocycles. The first-order valence-corrected chi connectivity index (χ1v) is 11.4. The number of piperidine rings is 1. The quantitative estimate of drug-likeness (QED) is 0.639. The van der Waals surface area contributed by atoms with E-state index in [1.54, 1.807) is 12.1 Å². The van der Waals surface area contributed by atoms with Crippen LogP contribution >= 0.6 is 0 Å². The van der Waals surface area contributed by atoms with Crippen molar-refractivity contribution in [2.75, 3.05) is 44.3 Å². The average Bonchev–Trinajstić information content (AvgIpc) is 3.35. The van der Waals surface area contributed by atoms with E-state index < -0.39 is 0 Å². The van der Waals surface area contributed by atoms with Crippen LogP contribution in [0.25, 0.3) is 11.1 Å². The Labute approximate surface area is 193 Å². The highest BCUT2D eigenvalue weighted by Gasteiger charge is 2.19. The third-order valence-corrected chi connectivity index (χ3v) is 6.06. The number of nitrogens with one attached hydrogen (secondary N) is 1. The summed E-state index contributed by atoms with van der Waals surface area (Å²) < 4.78 is 13.8. The zero-order valence-electron chi connectivity index (χ0n) is 18.7. The van der Waals surface area contributed by atoms with Gasteiger partial charge < -0.3 is 19.7 Å². The van der Waals surface area contributed by atoms with Crippen LogP contribution in [0, 0.1) is 18.3 Å². The molecule has 2 aliphatic heterocycles. The lowest BCUT2D eigenvalue weighted by Gasteiger charge is -2.28. The van der Waals surface area contributed by atoms with Crippen molar-refractivity contribution in [1.29, 1.82) is 5.26 Å². The molecule has 1 N–H and O–H groups in total. The van der Waals surface area contributed by atoms with E-state index in [0.717, 1.165) is 56.0 Å². The maximum Gasteiger partial charge on any atom is 0.224 e. The molecule has 0 unspecified atom stereocenters. The smallest absolute Gasteiger partial charge is 0.224 e. The molecule has 3 aromatic rings. The molecule has 33 heavy (non-hydrogen) atoms. The van der Waals surface area contributed by atoms with Crippen molar-refractivity contribution in [2.45, 2.75) is 25.8 Å². The van der Waals surface area contributed by atoms with Crippen molar-refractivity contribution in [3.05, 3.63) is 48.0 Å². The lowest BCUT2D eigenvalue weighted by Crippen LogP contribution is -2.36. The largest absolute Gasteiger partial charge is 0.438 e. The Morgan fingerprint density at radius 2 is 1.97 bits per heavy atom. The molecule has 4 heterocycles. The van der Waals surface area contributed by atoms with Crippen molar-refractivity contribution in [3.8, 4) is 28.8 Å². The normalized spacial score (nSPS) is 17.0. The minimum atomic E-state index is 0.392. The Hall–Kier alpha value is -3.48. The summed E-state index contributed by atoms with van der Waals surface area (Å²) in [5.41, 5.74) is 2.35. The molecular weight excluding hydrogens is 418 g/mol. The standard InChI is InChI=1S/C24H27N7O2/c1-17-28-23(30-8-10-32-11-9-30)13-24(29-17)33-22-12-18(14-25)2-3-21(22)19-15-27-31(16-19)20-4-6-26-7-5-20/h2-3,12-13,15-16,20,26H,4-11H2,1H3. The van der Waals surface area contributed by atoms with Crippen LogP contribution < -0.4 is 15.0 Å². The summed E-state index contributed by atoms with van der Waals surface area (Å²) in [7, 11) is 0. The van der Waals surface area contributed by atoms with Crippen molar-refractivity contribution >= 4 is 5.82 Å². The predicted octanol–water partition coefficient (Wildman–Crippen LogP) is 3.07. The van der Waals surface area contributed by atoms with Gasteiger partial charge in [0.25, 0.3) is 0 Å². The van der Waals surface area contributed by atoms with Gasteiger partial charge in [0.2, 0.25) is 5.88 Å². The molecule has 170 valence electrons. The van der Waals surface area contributed by atoms with Crippen LogP contribution in [0.15, 0.2) is 36.7 Å². The average molecular weight is 446 g/mol. The highest BCUT2D eigenvalue weighted by Crippen LogP contribution is 2.35. The molecule has 0 spiro atoms. The van der Waals surface area contributed by atoms with Crippen LogP contribution in [0.3, 0.4) is 0 Å². The highest BCUT2D eigenvalue weighted by atomic mass is 16.5. The molecule has 9 heteroatoms. The second-order valence-electron chi connectivity index (χ2n) is 8.33. The minimum absolute atomic E-state index is 0.392. The van der Waals surface area contributed by atoms with Crippen LogP contribution in [0.1, 0.15) is 30.3 Å². The summed E-state index contributed by atoms with van der Waals surface area (Å²) in [4.78, 5) is 11.2. The van der Waals surface area contributed by atoms with Gasteiger partial charge in [0.1, 0.15) is 17.4 Å². The number of aryl methyl sites for hydroxylation is 1. The predicted molar refractivity (Wildman–Crippen MR) is 123 cm³/mol. The molecule has 2 aromatic heterocycles. The highest BCUT2D eigenvalue weighted by molar-refractivity contribution is 5.71. The molecule has 5 rings (SSSR count). The van der Waals surface area contributed by atoms with Crippen molar-refractivity contribution < 1.29 is 9.47 Å². The monoisotopic (exact) mass is 445 g/mol. The Bertz CT molecular complexity index is 1160. The second kappa shape index (κ2) is 9.57. The van der Waals surface area contributed by atoms with E-state index in [2.05, 4.69) is 37.5 Å². The maximum atomic E-state index is 9.45. The Balaban J connectivity index is 1.46. The summed E-state index contributed by atoms with van der Waals surface area (Å²) in [6, 6.07) is 9.90. The van der Waals surface area contributed by atoms with Gasteiger partial charge in [-0.3, -0.25) is 4.68 Å². The van der Waals surface area contributed by atoms with E-state index in [1.165, 1.54) is 0 Å². The summed E-state index contributed by atoms with van der Waals surface area (Å²) in [6.45, 7) is 6.77. The van der Waals surface area contributed by atoms with Gasteiger partial charge in [-0.15, -0.1) is 0 Å². The number of hydrogen-bond acceptors (Lipinski definition) is 8. The van der Waals surface area contributed by atoms with Gasteiger partial charge in [0, 0.05) is 36.5 Å². The lowest BCUT2D eigenvalue weighted by molar-refractivity contribution is 0.122. The summed E-state index contributed by atoms with van der Waals surface area (Å²) in [5.74, 6) is 2.47. The fourth-order valence-electron chi connectivity index (χ4n) is 4.31. The zero-order chi connectivity index (χ0) is 22.6. The fraction of sp³-hybridized carbons (Fsp3) is 0.417. The third kappa shape index (κ3) is 4.82. The molecule has 2 fully saturated rings. The van der Waals surface area contributed by atoms with E-state index >= 15 is 0 Å². The van der Waals surface area contributed by atoms with E-state index in [1.807, 2.05) is 29.9 Å². The fourth-order valence-corrected chi connectivity index (χ4v) is 4.31. The van der Waals surface area contributed by atoms with Crippen LogP contribution in [0.2, 0.25) is 0 Å². The first-order chi connectivity index (χ1) is 16.2. The van der Waals surface area contributed by atoms with Crippen molar-refractivity contribution in [3.63, 3.8) is 0 Å². The number of anilines is 1. The zero-order valence-corrected chi connectivity index (χ0v) is 18.7. The van der Waals surface area contributed by atoms with Crippen LogP contribution in [0.5, 0.6) is 11.6 Å². The first-order valence-electron chi connectivity index (χ1n) is 11.4. The van der Waals surface area contributed by atoms with Gasteiger partial charge in [-0.2, -0.15) is 15.3 Å². The van der Waals surface area contributed by atoms with Gasteiger partial charge >= 0.3 is 0 Å². The van der Waals surface area contributed by atoms with Crippen LogP contribution in [-0.2, 0) is 4.74 Å². The number of nitrogens with zero attached hydrogens (tertiary/aromatic N) is 6. The SMILES string of the molecule is Cc1nc(Oc2cc(C#N)ccc2-c2cnn(C3CCNCC3)c2)cc(N2CCOCC2)n1. The van der Waals surface area contributed by atoms with Crippen LogP contribution in [-0.4, -0.2) is 59.1 Å². The number of ether oxygens (including phenoxy) is 2. The molecule has 2 saturated heterocycles. The molecule has 9 nitrogen and oxygen atoms in total. The van der Waals surface area contributed by atoms with Crippen molar-refractivity contribution in [2.24, 2.45) is 0 Å². The first kappa shape index (κ1) is 21.4. The number of nitriles is 1. The van der Waals surface area contributed by atoms with E-state index in [9.17, 15) is 5.26 Å². The molecule has 0 atom stereocenters. The molecule has 0 radical (unpaired) electrons. The molecule has 0 saturated carbocycles. The molecule has 2 aliphatic rings. The molecule has 0 amide bonds. The Morgan fingerprint density at radius 3 is 2.76 bits per heavy atom. The number of benzene rings is 1. The number of hydrogen-bond donors (Lipinski definition) is 1. The Kier molecular flexibility index (Phi) is 6.19. The summed E-state index contributed by atoms with van der Waals surface area (Å²) in [6.07, 6.45) is 6.04. The third-order valence-electron chi connectivity index (χ3n) is 6.06. The summed E-state index contributed by atoms with van der Waals surface area (Å²) >= 11 is 0. The van der Waals surface area contributed by atoms with E-state index in [-0.39, 0.29) is 0 Å².